The van der Waals surface area contributed by atoms with E-state index in [0.29, 0.717) is 43.1 Å². The molecule has 0 aliphatic carbocycles. The molecule has 1 fully saturated rings. The number of carbonyl (C=O) groups is 1. The van der Waals surface area contributed by atoms with Gasteiger partial charge in [0.2, 0.25) is 0 Å². The molecule has 1 heterocycles. The molecule has 0 bridgehead atoms. The summed E-state index contributed by atoms with van der Waals surface area (Å²) in [5, 5.41) is 0.846. The number of methoxy groups -OCH3 is 1. The number of aryl methyl sites for hydroxylation is 1. The highest BCUT2D eigenvalue weighted by Crippen LogP contribution is 2.40. The monoisotopic (exact) mass is 515 g/mol. The van der Waals surface area contributed by atoms with Crippen LogP contribution in [0.4, 0.5) is 5.69 Å². The van der Waals surface area contributed by atoms with Crippen LogP contribution in [0.5, 0.6) is 11.5 Å². The average Bonchev–Trinajstić information content (AvgIpc) is 3.05. The lowest BCUT2D eigenvalue weighted by Crippen LogP contribution is -2.27. The molecule has 168 valence electrons. The normalized spacial score (nSPS) is 14.8. The molecule has 1 aliphatic rings. The topological polar surface area (TPSA) is 38.8 Å². The Bertz CT molecular complexity index is 1280. The number of carbonyl (C=O) groups excluding carboxylic acids is 1. The number of thioether (sulfide) groups is 1. The minimum absolute atomic E-state index is 0.243. The summed E-state index contributed by atoms with van der Waals surface area (Å²) in [6.07, 6.45) is 1.77. The first-order valence-corrected chi connectivity index (χ1v) is 11.9. The zero-order chi connectivity index (χ0) is 23.5. The Morgan fingerprint density at radius 3 is 2.61 bits per heavy atom. The highest BCUT2D eigenvalue weighted by atomic mass is 35.5. The van der Waals surface area contributed by atoms with E-state index in [0.717, 1.165) is 11.1 Å². The van der Waals surface area contributed by atoms with Gasteiger partial charge < -0.3 is 9.47 Å². The van der Waals surface area contributed by atoms with Crippen LogP contribution in [0, 0.1) is 6.92 Å². The SMILES string of the molecule is COc1cc(/C=C2/SC(=S)N(c3ccc(Cl)cc3Cl)C2=O)ccc1OCc1cccc(C)c1. The standard InChI is InChI=1S/C25H19Cl2NO3S2/c1-15-4-3-5-17(10-15)14-31-21-9-6-16(11-22(21)30-2)12-23-24(29)28(25(32)33-23)20-8-7-18(26)13-19(20)27/h3-13H,14H2,1-2H3/b23-12+. The van der Waals surface area contributed by atoms with Crippen LogP contribution in [0.2, 0.25) is 10.0 Å². The second-order valence-electron chi connectivity index (χ2n) is 7.30. The second kappa shape index (κ2) is 10.2. The fourth-order valence-corrected chi connectivity index (χ4v) is 5.12. The van der Waals surface area contributed by atoms with Gasteiger partial charge in [0.1, 0.15) is 6.61 Å². The quantitative estimate of drug-likeness (QED) is 0.254. The van der Waals surface area contributed by atoms with Gasteiger partial charge in [0, 0.05) is 5.02 Å². The lowest BCUT2D eigenvalue weighted by atomic mass is 10.1. The summed E-state index contributed by atoms with van der Waals surface area (Å²) in [6.45, 7) is 2.47. The predicted molar refractivity (Wildman–Crippen MR) is 141 cm³/mol. The summed E-state index contributed by atoms with van der Waals surface area (Å²) in [5.41, 5.74) is 3.54. The largest absolute Gasteiger partial charge is 0.493 e. The van der Waals surface area contributed by atoms with Crippen LogP contribution < -0.4 is 14.4 Å². The maximum Gasteiger partial charge on any atom is 0.270 e. The summed E-state index contributed by atoms with van der Waals surface area (Å²) in [5.74, 6) is 0.956. The van der Waals surface area contributed by atoms with Crippen LogP contribution in [-0.4, -0.2) is 17.3 Å². The van der Waals surface area contributed by atoms with Gasteiger partial charge in [-0.3, -0.25) is 9.69 Å². The zero-order valence-corrected chi connectivity index (χ0v) is 20.9. The van der Waals surface area contributed by atoms with Crippen molar-refractivity contribution in [3.63, 3.8) is 0 Å². The number of ether oxygens (including phenoxy) is 2. The van der Waals surface area contributed by atoms with Crippen molar-refractivity contribution < 1.29 is 14.3 Å². The van der Waals surface area contributed by atoms with Crippen LogP contribution in [0.25, 0.3) is 6.08 Å². The van der Waals surface area contributed by atoms with E-state index in [1.807, 2.05) is 43.3 Å². The molecule has 1 aliphatic heterocycles. The lowest BCUT2D eigenvalue weighted by Gasteiger charge is -2.16. The van der Waals surface area contributed by atoms with Crippen LogP contribution in [0.3, 0.4) is 0 Å². The van der Waals surface area contributed by atoms with Gasteiger partial charge in [0.05, 0.1) is 22.7 Å². The Hall–Kier alpha value is -2.51. The van der Waals surface area contributed by atoms with E-state index >= 15 is 0 Å². The fraction of sp³-hybridized carbons (Fsp3) is 0.120. The van der Waals surface area contributed by atoms with Crippen molar-refractivity contribution >= 4 is 69.2 Å². The molecule has 0 atom stereocenters. The molecule has 1 saturated heterocycles. The van der Waals surface area contributed by atoms with Crippen LogP contribution in [-0.2, 0) is 11.4 Å². The second-order valence-corrected chi connectivity index (χ2v) is 9.82. The Morgan fingerprint density at radius 2 is 1.88 bits per heavy atom. The molecule has 1 amide bonds. The van der Waals surface area contributed by atoms with Crippen molar-refractivity contribution in [2.45, 2.75) is 13.5 Å². The van der Waals surface area contributed by atoms with E-state index in [1.54, 1.807) is 31.4 Å². The maximum atomic E-state index is 13.1. The van der Waals surface area contributed by atoms with Crippen molar-refractivity contribution in [3.8, 4) is 11.5 Å². The number of amides is 1. The molecule has 33 heavy (non-hydrogen) atoms. The van der Waals surface area contributed by atoms with Crippen molar-refractivity contribution in [3.05, 3.63) is 92.3 Å². The average molecular weight is 516 g/mol. The van der Waals surface area contributed by atoms with E-state index < -0.39 is 0 Å². The molecule has 4 rings (SSSR count). The number of rotatable bonds is 6. The molecule has 0 unspecified atom stereocenters. The summed E-state index contributed by atoms with van der Waals surface area (Å²) in [4.78, 5) is 15.0. The number of benzene rings is 3. The van der Waals surface area contributed by atoms with E-state index in [4.69, 9.17) is 44.9 Å². The molecular weight excluding hydrogens is 497 g/mol. The first-order valence-electron chi connectivity index (χ1n) is 9.95. The van der Waals surface area contributed by atoms with Gasteiger partial charge in [0.15, 0.2) is 15.8 Å². The number of halogens is 2. The Balaban J connectivity index is 1.55. The molecule has 0 N–H and O–H groups in total. The van der Waals surface area contributed by atoms with E-state index in [1.165, 1.54) is 22.2 Å². The Morgan fingerprint density at radius 1 is 1.06 bits per heavy atom. The first kappa shape index (κ1) is 23.6. The molecule has 0 aromatic heterocycles. The van der Waals surface area contributed by atoms with Gasteiger partial charge in [-0.15, -0.1) is 0 Å². The molecule has 4 nitrogen and oxygen atoms in total. The zero-order valence-electron chi connectivity index (χ0n) is 17.8. The van der Waals surface area contributed by atoms with E-state index in [9.17, 15) is 4.79 Å². The molecular formula is C25H19Cl2NO3S2. The van der Waals surface area contributed by atoms with Crippen molar-refractivity contribution in [1.29, 1.82) is 0 Å². The maximum absolute atomic E-state index is 13.1. The number of nitrogens with zero attached hydrogens (tertiary/aromatic N) is 1. The molecule has 0 radical (unpaired) electrons. The lowest BCUT2D eigenvalue weighted by molar-refractivity contribution is -0.113. The highest BCUT2D eigenvalue weighted by Gasteiger charge is 2.34. The first-order chi connectivity index (χ1) is 15.9. The molecule has 8 heteroatoms. The smallest absolute Gasteiger partial charge is 0.270 e. The minimum atomic E-state index is -0.243. The van der Waals surface area contributed by atoms with E-state index in [-0.39, 0.29) is 5.91 Å². The summed E-state index contributed by atoms with van der Waals surface area (Å²) in [6, 6.07) is 18.6. The molecule has 3 aromatic carbocycles. The van der Waals surface area contributed by atoms with Gasteiger partial charge in [-0.2, -0.15) is 0 Å². The highest BCUT2D eigenvalue weighted by molar-refractivity contribution is 8.27. The third kappa shape index (κ3) is 5.36. The third-order valence-corrected chi connectivity index (χ3v) is 6.75. The van der Waals surface area contributed by atoms with Crippen LogP contribution >= 0.6 is 47.2 Å². The number of hydrogen-bond donors (Lipinski definition) is 0. The fourth-order valence-electron chi connectivity index (χ4n) is 3.35. The van der Waals surface area contributed by atoms with Gasteiger partial charge >= 0.3 is 0 Å². The van der Waals surface area contributed by atoms with Gasteiger partial charge in [0.25, 0.3) is 5.91 Å². The van der Waals surface area contributed by atoms with Crippen molar-refractivity contribution in [2.24, 2.45) is 0 Å². The Kier molecular flexibility index (Phi) is 7.29. The number of anilines is 1. The predicted octanol–water partition coefficient (Wildman–Crippen LogP) is 7.30. The van der Waals surface area contributed by atoms with Crippen molar-refractivity contribution in [2.75, 3.05) is 12.0 Å². The summed E-state index contributed by atoms with van der Waals surface area (Å²) < 4.78 is 11.9. The molecule has 0 saturated carbocycles. The minimum Gasteiger partial charge on any atom is -0.493 e. The van der Waals surface area contributed by atoms with Gasteiger partial charge in [-0.1, -0.05) is 83.1 Å². The Labute approximate surface area is 212 Å². The van der Waals surface area contributed by atoms with Crippen molar-refractivity contribution in [1.82, 2.24) is 0 Å². The van der Waals surface area contributed by atoms with Gasteiger partial charge in [-0.25, -0.2) is 0 Å². The summed E-state index contributed by atoms with van der Waals surface area (Å²) in [7, 11) is 1.58. The molecule has 0 spiro atoms. The van der Waals surface area contributed by atoms with Crippen LogP contribution in [0.15, 0.2) is 65.6 Å². The van der Waals surface area contributed by atoms with Crippen LogP contribution in [0.1, 0.15) is 16.7 Å². The van der Waals surface area contributed by atoms with Gasteiger partial charge in [-0.05, 0) is 54.5 Å². The number of thiocarbonyl (C=S) groups is 1. The van der Waals surface area contributed by atoms with E-state index in [2.05, 4.69) is 6.07 Å². The molecule has 3 aromatic rings. The summed E-state index contributed by atoms with van der Waals surface area (Å²) >= 11 is 18.9. The number of hydrogen-bond acceptors (Lipinski definition) is 5. The third-order valence-electron chi connectivity index (χ3n) is 4.91.